The molecule has 0 spiro atoms. The Kier molecular flexibility index (Phi) is 6.85. The van der Waals surface area contributed by atoms with Gasteiger partial charge in [0.1, 0.15) is 5.78 Å². The number of likely N-dealkylation sites (tertiary alicyclic amines) is 1. The van der Waals surface area contributed by atoms with E-state index in [1.165, 1.54) is 0 Å². The van der Waals surface area contributed by atoms with Crippen LogP contribution in [0.4, 0.5) is 11.4 Å². The lowest BCUT2D eigenvalue weighted by Crippen LogP contribution is -2.50. The molecule has 2 aromatic carbocycles. The molecule has 2 fully saturated rings. The number of Topliss-reactive ketones (excluding diaryl/α,β-unsaturated/α-hetero) is 1. The molecule has 1 aliphatic heterocycles. The van der Waals surface area contributed by atoms with Gasteiger partial charge >= 0.3 is 0 Å². The van der Waals surface area contributed by atoms with Gasteiger partial charge < -0.3 is 14.9 Å². The topological polar surface area (TPSA) is 60.9 Å². The number of nitrogens with zero attached hydrogens (tertiary/aromatic N) is 2. The molecule has 1 saturated carbocycles. The number of benzene rings is 2. The minimum absolute atomic E-state index is 0.0221. The number of halogens is 2. The molecule has 1 saturated heterocycles. The number of carbonyl (C=O) groups is 2. The van der Waals surface area contributed by atoms with Crippen LogP contribution in [0.2, 0.25) is 10.0 Å². The number of aliphatic hydroxyl groups is 1. The zero-order valence-corrected chi connectivity index (χ0v) is 18.8. The van der Waals surface area contributed by atoms with Gasteiger partial charge in [-0.25, -0.2) is 0 Å². The van der Waals surface area contributed by atoms with Crippen molar-refractivity contribution in [2.24, 2.45) is 5.92 Å². The Balaban J connectivity index is 1.55. The maximum atomic E-state index is 13.3. The number of carbonyl (C=O) groups excluding carboxylic acids is 2. The lowest BCUT2D eigenvalue weighted by molar-refractivity contribution is -0.123. The molecule has 164 valence electrons. The first kappa shape index (κ1) is 22.1. The highest BCUT2D eigenvalue weighted by atomic mass is 35.5. The number of anilines is 2. The van der Waals surface area contributed by atoms with E-state index < -0.39 is 0 Å². The van der Waals surface area contributed by atoms with Gasteiger partial charge in [-0.05, 0) is 67.6 Å². The Morgan fingerprint density at radius 2 is 1.90 bits per heavy atom. The van der Waals surface area contributed by atoms with E-state index in [4.69, 9.17) is 23.2 Å². The molecular formula is C24H26Cl2N2O3. The number of hydrogen-bond acceptors (Lipinski definition) is 4. The zero-order valence-electron chi connectivity index (χ0n) is 17.3. The first-order valence-electron chi connectivity index (χ1n) is 10.7. The van der Waals surface area contributed by atoms with E-state index in [0.29, 0.717) is 46.7 Å². The molecule has 2 aliphatic rings. The van der Waals surface area contributed by atoms with Crippen molar-refractivity contribution in [2.75, 3.05) is 24.6 Å². The van der Waals surface area contributed by atoms with E-state index in [1.54, 1.807) is 12.1 Å². The zero-order chi connectivity index (χ0) is 22.0. The van der Waals surface area contributed by atoms with E-state index in [9.17, 15) is 14.7 Å². The van der Waals surface area contributed by atoms with Gasteiger partial charge in [0, 0.05) is 48.2 Å². The summed E-state index contributed by atoms with van der Waals surface area (Å²) >= 11 is 12.4. The largest absolute Gasteiger partial charge is 0.395 e. The summed E-state index contributed by atoms with van der Waals surface area (Å²) in [6, 6.07) is 12.8. The van der Waals surface area contributed by atoms with Gasteiger partial charge in [0.05, 0.1) is 17.3 Å². The molecule has 1 amide bonds. The lowest BCUT2D eigenvalue weighted by Gasteiger charge is -2.43. The third kappa shape index (κ3) is 4.74. The van der Waals surface area contributed by atoms with Crippen LogP contribution in [0.15, 0.2) is 42.5 Å². The van der Waals surface area contributed by atoms with Crippen molar-refractivity contribution in [3.63, 3.8) is 0 Å². The summed E-state index contributed by atoms with van der Waals surface area (Å²) < 4.78 is 0. The fourth-order valence-corrected chi connectivity index (χ4v) is 5.37. The van der Waals surface area contributed by atoms with Crippen LogP contribution < -0.4 is 4.90 Å². The molecule has 5 nitrogen and oxygen atoms in total. The van der Waals surface area contributed by atoms with Crippen molar-refractivity contribution in [3.05, 3.63) is 58.1 Å². The Hall–Kier alpha value is -2.08. The van der Waals surface area contributed by atoms with Crippen molar-refractivity contribution in [1.29, 1.82) is 0 Å². The van der Waals surface area contributed by atoms with Crippen LogP contribution in [-0.2, 0) is 4.79 Å². The van der Waals surface area contributed by atoms with Crippen LogP contribution in [0, 0.1) is 5.92 Å². The minimum atomic E-state index is -0.0464. The molecule has 31 heavy (non-hydrogen) atoms. The van der Waals surface area contributed by atoms with Crippen LogP contribution >= 0.6 is 23.2 Å². The van der Waals surface area contributed by atoms with Crippen molar-refractivity contribution in [1.82, 2.24) is 4.90 Å². The average Bonchev–Trinajstić information content (AvgIpc) is 2.77. The quantitative estimate of drug-likeness (QED) is 0.674. The molecule has 0 radical (unpaired) electrons. The van der Waals surface area contributed by atoms with Gasteiger partial charge in [0.2, 0.25) is 0 Å². The molecule has 4 rings (SSSR count). The molecule has 7 heteroatoms. The van der Waals surface area contributed by atoms with Crippen LogP contribution in [0.3, 0.4) is 0 Å². The Morgan fingerprint density at radius 1 is 1.13 bits per heavy atom. The van der Waals surface area contributed by atoms with Crippen LogP contribution in [0.1, 0.15) is 42.5 Å². The highest BCUT2D eigenvalue weighted by Gasteiger charge is 2.38. The fraction of sp³-hybridized carbons (Fsp3) is 0.417. The maximum absolute atomic E-state index is 13.3. The third-order valence-electron chi connectivity index (χ3n) is 6.34. The summed E-state index contributed by atoms with van der Waals surface area (Å²) in [4.78, 5) is 29.0. The smallest absolute Gasteiger partial charge is 0.254 e. The molecule has 0 unspecified atom stereocenters. The Bertz CT molecular complexity index is 964. The molecule has 1 heterocycles. The van der Waals surface area contributed by atoms with E-state index >= 15 is 0 Å². The summed E-state index contributed by atoms with van der Waals surface area (Å²) in [6.45, 7) is 1.06. The number of piperidine rings is 1. The highest BCUT2D eigenvalue weighted by Crippen LogP contribution is 2.36. The molecule has 1 aliphatic carbocycles. The summed E-state index contributed by atoms with van der Waals surface area (Å²) in [5.74, 6) is 0.642. The Labute approximate surface area is 192 Å². The fourth-order valence-electron chi connectivity index (χ4n) is 4.86. The number of amides is 1. The van der Waals surface area contributed by atoms with Gasteiger partial charge in [-0.2, -0.15) is 0 Å². The van der Waals surface area contributed by atoms with Crippen LogP contribution in [0.25, 0.3) is 0 Å². The van der Waals surface area contributed by atoms with Gasteiger partial charge in [-0.15, -0.1) is 0 Å². The van der Waals surface area contributed by atoms with E-state index in [1.807, 2.05) is 40.1 Å². The van der Waals surface area contributed by atoms with E-state index in [2.05, 4.69) is 0 Å². The molecule has 0 bridgehead atoms. The first-order chi connectivity index (χ1) is 15.0. The SMILES string of the molecule is O=C1CC[C@H]2[C@@H](CCCN2C(=O)c2ccc(N(CCO)c3ccc(Cl)cc3Cl)cc2)C1. The number of fused-ring (bicyclic) bond motifs is 1. The second kappa shape index (κ2) is 9.60. The Morgan fingerprint density at radius 3 is 2.61 bits per heavy atom. The van der Waals surface area contributed by atoms with Gasteiger partial charge in [-0.3, -0.25) is 9.59 Å². The molecule has 0 aromatic heterocycles. The molecular weight excluding hydrogens is 435 g/mol. The van der Waals surface area contributed by atoms with Crippen LogP contribution in [0.5, 0.6) is 0 Å². The predicted molar refractivity (Wildman–Crippen MR) is 123 cm³/mol. The third-order valence-corrected chi connectivity index (χ3v) is 6.88. The van der Waals surface area contributed by atoms with E-state index in [0.717, 1.165) is 37.2 Å². The van der Waals surface area contributed by atoms with Gasteiger partial charge in [-0.1, -0.05) is 23.2 Å². The second-order valence-electron chi connectivity index (χ2n) is 8.27. The summed E-state index contributed by atoms with van der Waals surface area (Å²) in [5, 5.41) is 10.6. The molecule has 2 atom stereocenters. The van der Waals surface area contributed by atoms with Gasteiger partial charge in [0.15, 0.2) is 0 Å². The maximum Gasteiger partial charge on any atom is 0.254 e. The first-order valence-corrected chi connectivity index (χ1v) is 11.5. The van der Waals surface area contributed by atoms with Crippen molar-refractivity contribution in [3.8, 4) is 0 Å². The highest BCUT2D eigenvalue weighted by molar-refractivity contribution is 6.36. The standard InChI is InChI=1S/C24H26Cl2N2O3/c25-18-5-9-23(21(26)15-18)27(12-13-29)19-6-3-16(4-7-19)24(31)28-11-1-2-17-14-20(30)8-10-22(17)28/h3-7,9,15,17,22,29H,1-2,8,10-14H2/t17-,22-/m0/s1. The number of aliphatic hydroxyl groups excluding tert-OH is 1. The summed E-state index contributed by atoms with van der Waals surface area (Å²) in [5.41, 5.74) is 2.20. The van der Waals surface area contributed by atoms with Crippen molar-refractivity contribution >= 4 is 46.3 Å². The van der Waals surface area contributed by atoms with Gasteiger partial charge in [0.25, 0.3) is 5.91 Å². The monoisotopic (exact) mass is 460 g/mol. The lowest BCUT2D eigenvalue weighted by atomic mass is 9.77. The minimum Gasteiger partial charge on any atom is -0.395 e. The number of rotatable bonds is 5. The normalized spacial score (nSPS) is 21.0. The summed E-state index contributed by atoms with van der Waals surface area (Å²) in [7, 11) is 0. The predicted octanol–water partition coefficient (Wildman–Crippen LogP) is 5.10. The number of hydrogen-bond donors (Lipinski definition) is 1. The second-order valence-corrected chi connectivity index (χ2v) is 9.11. The van der Waals surface area contributed by atoms with Crippen LogP contribution in [-0.4, -0.2) is 47.4 Å². The average molecular weight is 461 g/mol. The van der Waals surface area contributed by atoms with Crippen molar-refractivity contribution in [2.45, 2.75) is 38.1 Å². The van der Waals surface area contributed by atoms with Crippen molar-refractivity contribution < 1.29 is 14.7 Å². The van der Waals surface area contributed by atoms with E-state index in [-0.39, 0.29) is 18.6 Å². The number of ketones is 1. The molecule has 1 N–H and O–H groups in total. The summed E-state index contributed by atoms with van der Waals surface area (Å²) in [6.07, 6.45) is 3.91. The molecule has 2 aromatic rings.